The van der Waals surface area contributed by atoms with E-state index in [1.807, 2.05) is 18.2 Å². The highest BCUT2D eigenvalue weighted by Crippen LogP contribution is 2.53. The molecule has 0 aliphatic heterocycles. The molecule has 0 saturated heterocycles. The third-order valence-corrected chi connectivity index (χ3v) is 6.20. The van der Waals surface area contributed by atoms with E-state index in [-0.39, 0.29) is 17.6 Å². The molecule has 3 rings (SSSR count). The molecule has 110 valence electrons. The van der Waals surface area contributed by atoms with E-state index in [1.54, 1.807) is 0 Å². The predicted octanol–water partition coefficient (Wildman–Crippen LogP) is 5.06. The van der Waals surface area contributed by atoms with Crippen molar-refractivity contribution < 1.29 is 9.84 Å². The highest BCUT2D eigenvalue weighted by Gasteiger charge is 2.55. The van der Waals surface area contributed by atoms with Crippen molar-refractivity contribution in [3.8, 4) is 5.75 Å². The largest absolute Gasteiger partial charge is 0.487 e. The average molecular weight is 404 g/mol. The summed E-state index contributed by atoms with van der Waals surface area (Å²) in [7, 11) is 0. The molecule has 2 saturated carbocycles. The summed E-state index contributed by atoms with van der Waals surface area (Å²) in [5.41, 5.74) is -0.00871. The van der Waals surface area contributed by atoms with Crippen LogP contribution in [0.4, 0.5) is 0 Å². The lowest BCUT2D eigenvalue weighted by atomic mass is 9.59. The molecule has 2 aliphatic rings. The summed E-state index contributed by atoms with van der Waals surface area (Å²) in [6, 6.07) is 5.97. The molecule has 2 unspecified atom stereocenters. The molecular weight excluding hydrogens is 384 g/mol. The smallest absolute Gasteiger partial charge is 0.148 e. The quantitative estimate of drug-likeness (QED) is 0.747. The maximum Gasteiger partial charge on any atom is 0.148 e. The van der Waals surface area contributed by atoms with Gasteiger partial charge in [0.2, 0.25) is 0 Å². The van der Waals surface area contributed by atoms with Crippen LogP contribution in [0.25, 0.3) is 0 Å². The molecule has 2 fully saturated rings. The summed E-state index contributed by atoms with van der Waals surface area (Å²) in [5, 5.41) is 10.3. The molecular formula is C16H20Br2O2. The molecule has 2 aliphatic carbocycles. The van der Waals surface area contributed by atoms with Gasteiger partial charge in [0.15, 0.2) is 0 Å². The molecule has 0 amide bonds. The highest BCUT2D eigenvalue weighted by molar-refractivity contribution is 9.11. The molecule has 1 spiro atoms. The van der Waals surface area contributed by atoms with E-state index < -0.39 is 0 Å². The van der Waals surface area contributed by atoms with E-state index in [9.17, 15) is 5.11 Å². The maximum atomic E-state index is 10.3. The Kier molecular flexibility index (Phi) is 4.44. The number of benzene rings is 1. The van der Waals surface area contributed by atoms with Gasteiger partial charge < -0.3 is 9.84 Å². The lowest BCUT2D eigenvalue weighted by molar-refractivity contribution is -0.163. The minimum absolute atomic E-state index is 0.00871. The first kappa shape index (κ1) is 14.9. The van der Waals surface area contributed by atoms with E-state index in [4.69, 9.17) is 4.74 Å². The molecule has 4 heteroatoms. The van der Waals surface area contributed by atoms with Crippen molar-refractivity contribution in [3.05, 3.63) is 27.1 Å². The number of aliphatic hydroxyl groups is 1. The Bertz CT molecular complexity index is 461. The summed E-state index contributed by atoms with van der Waals surface area (Å²) < 4.78 is 8.22. The van der Waals surface area contributed by atoms with Crippen molar-refractivity contribution >= 4 is 31.9 Å². The summed E-state index contributed by atoms with van der Waals surface area (Å²) >= 11 is 7.11. The van der Waals surface area contributed by atoms with E-state index in [2.05, 4.69) is 31.9 Å². The molecule has 1 aromatic rings. The fourth-order valence-electron chi connectivity index (χ4n) is 3.67. The SMILES string of the molecule is OC1CC(Oc2c(Br)cccc2Br)C12CCCCCC2. The Morgan fingerprint density at radius 1 is 1.05 bits per heavy atom. The summed E-state index contributed by atoms with van der Waals surface area (Å²) in [6.07, 6.45) is 7.93. The van der Waals surface area contributed by atoms with Crippen molar-refractivity contribution in [1.82, 2.24) is 0 Å². The second-order valence-electron chi connectivity index (χ2n) is 6.06. The molecule has 0 radical (unpaired) electrons. The first-order valence-electron chi connectivity index (χ1n) is 7.42. The molecule has 2 atom stereocenters. The molecule has 0 bridgehead atoms. The zero-order valence-corrected chi connectivity index (χ0v) is 14.6. The van der Waals surface area contributed by atoms with Crippen LogP contribution in [0.1, 0.15) is 44.9 Å². The molecule has 1 N–H and O–H groups in total. The van der Waals surface area contributed by atoms with Gasteiger partial charge in [-0.25, -0.2) is 0 Å². The second kappa shape index (κ2) is 5.98. The maximum absolute atomic E-state index is 10.3. The number of hydrogen-bond donors (Lipinski definition) is 1. The van der Waals surface area contributed by atoms with Crippen LogP contribution in [0.5, 0.6) is 5.75 Å². The summed E-state index contributed by atoms with van der Waals surface area (Å²) in [6.45, 7) is 0. The summed E-state index contributed by atoms with van der Waals surface area (Å²) in [5.74, 6) is 0.869. The van der Waals surface area contributed by atoms with Crippen molar-refractivity contribution in [3.63, 3.8) is 0 Å². The highest BCUT2D eigenvalue weighted by atomic mass is 79.9. The van der Waals surface area contributed by atoms with E-state index in [0.29, 0.717) is 0 Å². The number of ether oxygens (including phenoxy) is 1. The second-order valence-corrected chi connectivity index (χ2v) is 7.76. The Balaban J connectivity index is 1.80. The van der Waals surface area contributed by atoms with Crippen LogP contribution in [0.15, 0.2) is 27.1 Å². The first-order chi connectivity index (χ1) is 9.63. The van der Waals surface area contributed by atoms with Crippen LogP contribution < -0.4 is 4.74 Å². The van der Waals surface area contributed by atoms with Crippen LogP contribution in [0.2, 0.25) is 0 Å². The van der Waals surface area contributed by atoms with E-state index >= 15 is 0 Å². The van der Waals surface area contributed by atoms with Gasteiger partial charge in [0.05, 0.1) is 15.0 Å². The lowest BCUT2D eigenvalue weighted by Crippen LogP contribution is -2.59. The van der Waals surface area contributed by atoms with Gasteiger partial charge in [-0.15, -0.1) is 0 Å². The average Bonchev–Trinajstić information content (AvgIpc) is 2.69. The van der Waals surface area contributed by atoms with Gasteiger partial charge in [0.1, 0.15) is 11.9 Å². The van der Waals surface area contributed by atoms with Crippen molar-refractivity contribution in [2.45, 2.75) is 57.2 Å². The van der Waals surface area contributed by atoms with Gasteiger partial charge >= 0.3 is 0 Å². The molecule has 0 heterocycles. The third-order valence-electron chi connectivity index (χ3n) is 4.96. The monoisotopic (exact) mass is 402 g/mol. The molecule has 0 aromatic heterocycles. The molecule has 2 nitrogen and oxygen atoms in total. The topological polar surface area (TPSA) is 29.5 Å². The Morgan fingerprint density at radius 2 is 1.65 bits per heavy atom. The normalized spacial score (nSPS) is 28.8. The van der Waals surface area contributed by atoms with Crippen LogP contribution in [0, 0.1) is 5.41 Å². The number of hydrogen-bond acceptors (Lipinski definition) is 2. The number of halogens is 2. The van der Waals surface area contributed by atoms with Gasteiger partial charge in [0.25, 0.3) is 0 Å². The van der Waals surface area contributed by atoms with Gasteiger partial charge in [-0.3, -0.25) is 0 Å². The van der Waals surface area contributed by atoms with Crippen molar-refractivity contribution in [1.29, 1.82) is 0 Å². The number of aliphatic hydroxyl groups excluding tert-OH is 1. The van der Waals surface area contributed by atoms with Gasteiger partial charge in [-0.2, -0.15) is 0 Å². The van der Waals surface area contributed by atoms with Gasteiger partial charge in [-0.05, 0) is 56.8 Å². The fraction of sp³-hybridized carbons (Fsp3) is 0.625. The molecule has 20 heavy (non-hydrogen) atoms. The van der Waals surface area contributed by atoms with E-state index in [0.717, 1.165) is 34.0 Å². The first-order valence-corrected chi connectivity index (χ1v) is 9.01. The van der Waals surface area contributed by atoms with Crippen molar-refractivity contribution in [2.24, 2.45) is 5.41 Å². The standard InChI is InChI=1S/C16H20Br2O2/c17-11-6-5-7-12(18)15(11)20-14-10-13(19)16(14)8-3-1-2-4-9-16/h5-7,13-14,19H,1-4,8-10H2. The van der Waals surface area contributed by atoms with Crippen molar-refractivity contribution in [2.75, 3.05) is 0 Å². The zero-order chi connectivity index (χ0) is 14.2. The Hall–Kier alpha value is -0.0600. The molecule has 1 aromatic carbocycles. The van der Waals surface area contributed by atoms with E-state index in [1.165, 1.54) is 25.7 Å². The summed E-state index contributed by atoms with van der Waals surface area (Å²) in [4.78, 5) is 0. The van der Waals surface area contributed by atoms with Crippen LogP contribution in [-0.2, 0) is 0 Å². The van der Waals surface area contributed by atoms with Crippen LogP contribution >= 0.6 is 31.9 Å². The third kappa shape index (κ3) is 2.55. The fourth-order valence-corrected chi connectivity index (χ4v) is 4.86. The van der Waals surface area contributed by atoms with Crippen LogP contribution in [0.3, 0.4) is 0 Å². The predicted molar refractivity (Wildman–Crippen MR) is 87.0 cm³/mol. The number of rotatable bonds is 2. The van der Waals surface area contributed by atoms with Gasteiger partial charge in [-0.1, -0.05) is 31.7 Å². The number of para-hydroxylation sites is 1. The lowest BCUT2D eigenvalue weighted by Gasteiger charge is -2.53. The Morgan fingerprint density at radius 3 is 2.20 bits per heavy atom. The minimum Gasteiger partial charge on any atom is -0.487 e. The van der Waals surface area contributed by atoms with Gasteiger partial charge in [0, 0.05) is 11.8 Å². The zero-order valence-electron chi connectivity index (χ0n) is 11.4. The minimum atomic E-state index is -0.188. The Labute approximate surface area is 137 Å². The van der Waals surface area contributed by atoms with Crippen LogP contribution in [-0.4, -0.2) is 17.3 Å².